The number of anilines is 1. The van der Waals surface area contributed by atoms with Crippen LogP contribution in [0.3, 0.4) is 0 Å². The van der Waals surface area contributed by atoms with Gasteiger partial charge in [0.2, 0.25) is 0 Å². The zero-order valence-electron chi connectivity index (χ0n) is 16.3. The van der Waals surface area contributed by atoms with Gasteiger partial charge in [0.05, 0.1) is 17.7 Å². The van der Waals surface area contributed by atoms with Crippen LogP contribution in [0.15, 0.2) is 36.7 Å². The molecule has 0 aliphatic carbocycles. The lowest BCUT2D eigenvalue weighted by molar-refractivity contribution is -0.140. The van der Waals surface area contributed by atoms with Crippen LogP contribution in [-0.2, 0) is 9.53 Å². The summed E-state index contributed by atoms with van der Waals surface area (Å²) in [6.07, 6.45) is 5.24. The highest BCUT2D eigenvalue weighted by atomic mass is 19.1. The predicted octanol–water partition coefficient (Wildman–Crippen LogP) is 2.35. The molecule has 1 spiro atoms. The van der Waals surface area contributed by atoms with Gasteiger partial charge >= 0.3 is 0 Å². The van der Waals surface area contributed by atoms with Crippen LogP contribution in [0.4, 0.5) is 10.1 Å². The van der Waals surface area contributed by atoms with Gasteiger partial charge in [-0.05, 0) is 50.5 Å². The molecule has 1 unspecified atom stereocenters. The third-order valence-corrected chi connectivity index (χ3v) is 5.60. The topological polar surface area (TPSA) is 75.6 Å². The van der Waals surface area contributed by atoms with E-state index in [-0.39, 0.29) is 24.2 Å². The zero-order valence-corrected chi connectivity index (χ0v) is 16.3. The van der Waals surface area contributed by atoms with E-state index >= 15 is 0 Å². The highest BCUT2D eigenvalue weighted by molar-refractivity contribution is 5.95. The molecule has 2 fully saturated rings. The van der Waals surface area contributed by atoms with Crippen molar-refractivity contribution in [3.63, 3.8) is 0 Å². The average molecular weight is 398 g/mol. The molecule has 2 saturated heterocycles. The van der Waals surface area contributed by atoms with Gasteiger partial charge in [0.15, 0.2) is 0 Å². The van der Waals surface area contributed by atoms with Gasteiger partial charge in [-0.3, -0.25) is 9.59 Å². The van der Waals surface area contributed by atoms with Gasteiger partial charge < -0.3 is 14.5 Å². The first-order valence-electron chi connectivity index (χ1n) is 9.74. The van der Waals surface area contributed by atoms with Gasteiger partial charge in [0, 0.05) is 31.2 Å². The second-order valence-electron chi connectivity index (χ2n) is 7.59. The van der Waals surface area contributed by atoms with Gasteiger partial charge in [0.25, 0.3) is 11.8 Å². The second-order valence-corrected chi connectivity index (χ2v) is 7.59. The number of amides is 2. The number of aromatic nitrogens is 2. The number of ether oxygens (including phenoxy) is 1. The lowest BCUT2D eigenvalue weighted by atomic mass is 9.92. The summed E-state index contributed by atoms with van der Waals surface area (Å²) >= 11 is 0. The smallest absolute Gasteiger partial charge is 0.256 e. The molecule has 7 nitrogen and oxygen atoms in total. The SMILES string of the molecule is Cc1ncc(C(=O)N2CCCC3(CC2)CN(c2ccc(F)cc2)C(=O)CO3)cn1. The first kappa shape index (κ1) is 19.4. The monoisotopic (exact) mass is 398 g/mol. The molecule has 0 saturated carbocycles. The maximum Gasteiger partial charge on any atom is 0.256 e. The lowest BCUT2D eigenvalue weighted by Crippen LogP contribution is -2.55. The Hall–Kier alpha value is -2.87. The molecule has 1 aromatic heterocycles. The molecule has 152 valence electrons. The summed E-state index contributed by atoms with van der Waals surface area (Å²) < 4.78 is 19.3. The van der Waals surface area contributed by atoms with Gasteiger partial charge in [-0.1, -0.05) is 0 Å². The van der Waals surface area contributed by atoms with E-state index in [0.717, 1.165) is 12.8 Å². The van der Waals surface area contributed by atoms with Gasteiger partial charge in [0.1, 0.15) is 18.2 Å². The number of hydrogen-bond acceptors (Lipinski definition) is 5. The van der Waals surface area contributed by atoms with E-state index in [0.29, 0.717) is 43.1 Å². The van der Waals surface area contributed by atoms with Gasteiger partial charge in [-0.25, -0.2) is 14.4 Å². The molecule has 0 radical (unpaired) electrons. The Morgan fingerprint density at radius 2 is 1.86 bits per heavy atom. The minimum atomic E-state index is -0.513. The number of hydrogen-bond donors (Lipinski definition) is 0. The van der Waals surface area contributed by atoms with Crippen molar-refractivity contribution in [1.82, 2.24) is 14.9 Å². The van der Waals surface area contributed by atoms with Crippen LogP contribution in [0.1, 0.15) is 35.4 Å². The van der Waals surface area contributed by atoms with Crippen molar-refractivity contribution >= 4 is 17.5 Å². The predicted molar refractivity (Wildman–Crippen MR) is 104 cm³/mol. The molecule has 2 aliphatic rings. The number of carbonyl (C=O) groups is 2. The van der Waals surface area contributed by atoms with Crippen LogP contribution in [-0.4, -0.2) is 58.5 Å². The van der Waals surface area contributed by atoms with E-state index in [1.54, 1.807) is 41.2 Å². The summed E-state index contributed by atoms with van der Waals surface area (Å²) in [6, 6.07) is 5.91. The van der Waals surface area contributed by atoms with Crippen molar-refractivity contribution in [1.29, 1.82) is 0 Å². The fourth-order valence-electron chi connectivity index (χ4n) is 3.93. The summed E-state index contributed by atoms with van der Waals surface area (Å²) in [4.78, 5) is 36.9. The van der Waals surface area contributed by atoms with Crippen LogP contribution in [0.5, 0.6) is 0 Å². The van der Waals surface area contributed by atoms with Crippen molar-refractivity contribution in [2.24, 2.45) is 0 Å². The number of morpholine rings is 1. The Bertz CT molecular complexity index is 903. The first-order valence-corrected chi connectivity index (χ1v) is 9.74. The molecule has 2 aromatic rings. The van der Waals surface area contributed by atoms with Gasteiger partial charge in [-0.2, -0.15) is 0 Å². The zero-order chi connectivity index (χ0) is 20.4. The normalized spacial score (nSPS) is 22.6. The summed E-state index contributed by atoms with van der Waals surface area (Å²) in [5.41, 5.74) is 0.619. The van der Waals surface area contributed by atoms with E-state index in [2.05, 4.69) is 9.97 Å². The third kappa shape index (κ3) is 4.12. The highest BCUT2D eigenvalue weighted by Crippen LogP contribution is 2.33. The number of rotatable bonds is 2. The van der Waals surface area contributed by atoms with E-state index in [4.69, 9.17) is 4.74 Å². The molecule has 0 N–H and O–H groups in total. The molecule has 0 bridgehead atoms. The molecule has 2 aliphatic heterocycles. The summed E-state index contributed by atoms with van der Waals surface area (Å²) in [6.45, 7) is 3.29. The van der Waals surface area contributed by atoms with Crippen LogP contribution in [0, 0.1) is 12.7 Å². The summed E-state index contributed by atoms with van der Waals surface area (Å²) in [7, 11) is 0. The molecule has 8 heteroatoms. The molecule has 3 heterocycles. The Kier molecular flexibility index (Phi) is 5.27. The van der Waals surface area contributed by atoms with Crippen molar-refractivity contribution in [2.45, 2.75) is 31.8 Å². The van der Waals surface area contributed by atoms with E-state index in [1.165, 1.54) is 12.1 Å². The fourth-order valence-corrected chi connectivity index (χ4v) is 3.93. The second kappa shape index (κ2) is 7.87. The van der Waals surface area contributed by atoms with Gasteiger partial charge in [-0.15, -0.1) is 0 Å². The lowest BCUT2D eigenvalue weighted by Gasteiger charge is -2.42. The Morgan fingerprint density at radius 1 is 1.14 bits per heavy atom. The summed E-state index contributed by atoms with van der Waals surface area (Å²) in [5.74, 6) is 0.0472. The fraction of sp³-hybridized carbons (Fsp3) is 0.429. The largest absolute Gasteiger partial charge is 0.363 e. The first-order chi connectivity index (χ1) is 14.0. The number of aryl methyl sites for hydroxylation is 1. The minimum absolute atomic E-state index is 0.0167. The van der Waals surface area contributed by atoms with Crippen LogP contribution < -0.4 is 4.90 Å². The Balaban J connectivity index is 1.47. The Morgan fingerprint density at radius 3 is 2.59 bits per heavy atom. The standard InChI is InChI=1S/C21H23FN4O3/c1-15-23-11-16(12-24-15)20(28)25-9-2-7-21(8-10-25)14-26(19(27)13-29-21)18-5-3-17(22)4-6-18/h3-6,11-12H,2,7-10,13-14H2,1H3. The maximum absolute atomic E-state index is 13.3. The number of likely N-dealkylation sites (tertiary alicyclic amines) is 1. The number of nitrogens with zero attached hydrogens (tertiary/aromatic N) is 4. The van der Waals surface area contributed by atoms with Crippen molar-refractivity contribution in [3.05, 3.63) is 53.9 Å². The Labute approximate surface area is 168 Å². The number of carbonyl (C=O) groups excluding carboxylic acids is 2. The molecule has 29 heavy (non-hydrogen) atoms. The number of benzene rings is 1. The molecule has 4 rings (SSSR count). The third-order valence-electron chi connectivity index (χ3n) is 5.60. The molecule has 1 atom stereocenters. The number of halogens is 1. The summed E-state index contributed by atoms with van der Waals surface area (Å²) in [5, 5.41) is 0. The van der Waals surface area contributed by atoms with E-state index in [1.807, 2.05) is 0 Å². The molecule has 1 aromatic carbocycles. The van der Waals surface area contributed by atoms with Crippen molar-refractivity contribution in [3.8, 4) is 0 Å². The van der Waals surface area contributed by atoms with Crippen LogP contribution >= 0.6 is 0 Å². The average Bonchev–Trinajstić information content (AvgIpc) is 2.93. The maximum atomic E-state index is 13.3. The molecule has 2 amide bonds. The minimum Gasteiger partial charge on any atom is -0.363 e. The van der Waals surface area contributed by atoms with Crippen LogP contribution in [0.25, 0.3) is 0 Å². The highest BCUT2D eigenvalue weighted by Gasteiger charge is 2.42. The van der Waals surface area contributed by atoms with Crippen molar-refractivity contribution < 1.29 is 18.7 Å². The molecular formula is C21H23FN4O3. The van der Waals surface area contributed by atoms with E-state index < -0.39 is 5.60 Å². The molecular weight excluding hydrogens is 375 g/mol. The van der Waals surface area contributed by atoms with E-state index in [9.17, 15) is 14.0 Å². The van der Waals surface area contributed by atoms with Crippen LogP contribution in [0.2, 0.25) is 0 Å². The quantitative estimate of drug-likeness (QED) is 0.776. The van der Waals surface area contributed by atoms with Crippen molar-refractivity contribution in [2.75, 3.05) is 31.1 Å².